The Bertz CT molecular complexity index is 1540. The minimum absolute atomic E-state index is 0.199. The second-order valence-electron chi connectivity index (χ2n) is 9.13. The number of anilines is 4. The molecule has 0 saturated heterocycles. The summed E-state index contributed by atoms with van der Waals surface area (Å²) in [7, 11) is 7.43. The molecule has 0 radical (unpaired) electrons. The number of aryl methyl sites for hydroxylation is 1. The van der Waals surface area contributed by atoms with E-state index in [2.05, 4.69) is 37.2 Å². The Labute approximate surface area is 224 Å². The van der Waals surface area contributed by atoms with Gasteiger partial charge in [-0.05, 0) is 39.2 Å². The Morgan fingerprint density at radius 3 is 2.56 bits per heavy atom. The van der Waals surface area contributed by atoms with Gasteiger partial charge in [0, 0.05) is 49.9 Å². The van der Waals surface area contributed by atoms with Gasteiger partial charge in [0.1, 0.15) is 5.75 Å². The average molecular weight is 537 g/mol. The van der Waals surface area contributed by atoms with Gasteiger partial charge < -0.3 is 25.2 Å². The lowest BCUT2D eigenvalue weighted by atomic mass is 10.2. The molecule has 0 atom stereocenters. The number of rotatable bonds is 10. The van der Waals surface area contributed by atoms with Gasteiger partial charge in [-0.3, -0.25) is 4.79 Å². The Hall–Kier alpha value is -4.58. The van der Waals surface area contributed by atoms with Crippen LogP contribution >= 0.6 is 0 Å². The smallest absolute Gasteiger partial charge is 0.247 e. The lowest BCUT2D eigenvalue weighted by Gasteiger charge is -2.26. The van der Waals surface area contributed by atoms with Crippen molar-refractivity contribution in [3.63, 3.8) is 0 Å². The predicted octanol–water partition coefficient (Wildman–Crippen LogP) is 4.28. The highest BCUT2D eigenvalue weighted by atomic mass is 19.2. The van der Waals surface area contributed by atoms with E-state index in [-0.39, 0.29) is 11.9 Å². The van der Waals surface area contributed by atoms with Crippen LogP contribution in [-0.2, 0) is 4.79 Å². The van der Waals surface area contributed by atoms with E-state index < -0.39 is 11.6 Å². The molecule has 0 spiro atoms. The third-order valence-electron chi connectivity index (χ3n) is 6.07. The fourth-order valence-electron chi connectivity index (χ4n) is 3.99. The summed E-state index contributed by atoms with van der Waals surface area (Å²) in [5.41, 5.74) is 2.67. The van der Waals surface area contributed by atoms with Crippen molar-refractivity contribution < 1.29 is 18.3 Å². The standard InChI is InChI=1S/C27H30F2N8O2/c1-7-26(38)31-20-14-21(24(39-6)15-23(20)36(5)11-10-35(3)4)32-27-30-9-8-25(33-27)37-22-13-19(29)18(28)12-17(22)16(2)34-37/h7-9,12-15H,1,10-11H2,2-6H3,(H,31,38)(H,30,32,33). The van der Waals surface area contributed by atoms with E-state index in [1.54, 1.807) is 19.1 Å². The predicted molar refractivity (Wildman–Crippen MR) is 148 cm³/mol. The number of halogens is 2. The van der Waals surface area contributed by atoms with Crippen molar-refractivity contribution in [2.75, 3.05) is 56.9 Å². The van der Waals surface area contributed by atoms with Crippen molar-refractivity contribution >= 4 is 39.8 Å². The number of carbonyl (C=O) groups excluding carboxylic acids is 1. The minimum Gasteiger partial charge on any atom is -0.494 e. The van der Waals surface area contributed by atoms with Crippen LogP contribution in [0.3, 0.4) is 0 Å². The highest BCUT2D eigenvalue weighted by molar-refractivity contribution is 6.02. The summed E-state index contributed by atoms with van der Waals surface area (Å²) in [5.74, 6) is -1.26. The molecule has 0 fully saturated rings. The van der Waals surface area contributed by atoms with Crippen LogP contribution in [-0.4, -0.2) is 71.9 Å². The van der Waals surface area contributed by atoms with E-state index in [9.17, 15) is 13.6 Å². The maximum atomic E-state index is 14.0. The van der Waals surface area contributed by atoms with Crippen LogP contribution in [0.2, 0.25) is 0 Å². The van der Waals surface area contributed by atoms with Crippen LogP contribution in [0.25, 0.3) is 16.7 Å². The van der Waals surface area contributed by atoms with Crippen LogP contribution in [0, 0.1) is 18.6 Å². The number of nitrogens with one attached hydrogen (secondary N) is 2. The first kappa shape index (κ1) is 27.5. The summed E-state index contributed by atoms with van der Waals surface area (Å²) in [6, 6.07) is 7.34. The molecule has 4 aromatic rings. The van der Waals surface area contributed by atoms with Gasteiger partial charge in [0.25, 0.3) is 0 Å². The molecule has 4 rings (SSSR count). The molecule has 0 aliphatic heterocycles. The number of methoxy groups -OCH3 is 1. The van der Waals surface area contributed by atoms with Gasteiger partial charge in [-0.2, -0.15) is 10.1 Å². The largest absolute Gasteiger partial charge is 0.494 e. The number of carbonyl (C=O) groups is 1. The molecule has 10 nitrogen and oxygen atoms in total. The molecular weight excluding hydrogens is 506 g/mol. The molecule has 12 heteroatoms. The van der Waals surface area contributed by atoms with E-state index in [1.807, 2.05) is 32.1 Å². The molecule has 2 aromatic carbocycles. The van der Waals surface area contributed by atoms with Crippen LogP contribution in [0.15, 0.2) is 49.2 Å². The molecule has 1 amide bonds. The minimum atomic E-state index is -0.981. The number of fused-ring (bicyclic) bond motifs is 1. The van der Waals surface area contributed by atoms with Gasteiger partial charge in [-0.25, -0.2) is 18.4 Å². The lowest BCUT2D eigenvalue weighted by Crippen LogP contribution is -2.29. The van der Waals surface area contributed by atoms with Crippen LogP contribution < -0.4 is 20.3 Å². The van der Waals surface area contributed by atoms with Gasteiger partial charge in [0.2, 0.25) is 11.9 Å². The summed E-state index contributed by atoms with van der Waals surface area (Å²) >= 11 is 0. The number of aromatic nitrogens is 4. The molecule has 0 unspecified atom stereocenters. The first-order valence-corrected chi connectivity index (χ1v) is 12.1. The lowest BCUT2D eigenvalue weighted by molar-refractivity contribution is -0.111. The van der Waals surface area contributed by atoms with Crippen molar-refractivity contribution in [1.29, 1.82) is 0 Å². The molecule has 0 saturated carbocycles. The third-order valence-corrected chi connectivity index (χ3v) is 6.07. The fraction of sp³-hybridized carbons (Fsp3) is 0.259. The molecule has 39 heavy (non-hydrogen) atoms. The Morgan fingerprint density at radius 1 is 1.13 bits per heavy atom. The monoisotopic (exact) mass is 536 g/mol. The summed E-state index contributed by atoms with van der Waals surface area (Å²) in [4.78, 5) is 25.1. The van der Waals surface area contributed by atoms with Crippen molar-refractivity contribution in [2.45, 2.75) is 6.92 Å². The Balaban J connectivity index is 1.73. The second kappa shape index (κ2) is 11.4. The van der Waals surface area contributed by atoms with Crippen LogP contribution in [0.5, 0.6) is 5.75 Å². The van der Waals surface area contributed by atoms with Gasteiger partial charge in [0.05, 0.1) is 35.4 Å². The zero-order chi connectivity index (χ0) is 28.3. The highest BCUT2D eigenvalue weighted by Gasteiger charge is 2.18. The van der Waals surface area contributed by atoms with E-state index in [0.29, 0.717) is 46.1 Å². The van der Waals surface area contributed by atoms with Crippen molar-refractivity contribution in [3.05, 3.63) is 66.5 Å². The summed E-state index contributed by atoms with van der Waals surface area (Å²) < 4.78 is 34.9. The normalized spacial score (nSPS) is 11.1. The van der Waals surface area contributed by atoms with E-state index >= 15 is 0 Å². The quantitative estimate of drug-likeness (QED) is 0.290. The van der Waals surface area contributed by atoms with Crippen molar-refractivity contribution in [3.8, 4) is 11.6 Å². The van der Waals surface area contributed by atoms with E-state index in [0.717, 1.165) is 24.4 Å². The Morgan fingerprint density at radius 2 is 1.87 bits per heavy atom. The molecule has 2 heterocycles. The van der Waals surface area contributed by atoms with E-state index in [1.165, 1.54) is 24.1 Å². The number of ether oxygens (including phenoxy) is 1. The molecule has 204 valence electrons. The van der Waals surface area contributed by atoms with Gasteiger partial charge >= 0.3 is 0 Å². The number of likely N-dealkylation sites (N-methyl/N-ethyl adjacent to an activating group) is 2. The molecule has 0 aliphatic carbocycles. The summed E-state index contributed by atoms with van der Waals surface area (Å²) in [5, 5.41) is 10.9. The summed E-state index contributed by atoms with van der Waals surface area (Å²) in [6.45, 7) is 6.75. The molecule has 0 bridgehead atoms. The zero-order valence-corrected chi connectivity index (χ0v) is 22.4. The third kappa shape index (κ3) is 5.96. The number of hydrogen-bond donors (Lipinski definition) is 2. The van der Waals surface area contributed by atoms with Gasteiger partial charge in [-0.15, -0.1) is 0 Å². The summed E-state index contributed by atoms with van der Waals surface area (Å²) in [6.07, 6.45) is 2.71. The van der Waals surface area contributed by atoms with Crippen molar-refractivity contribution in [2.24, 2.45) is 0 Å². The number of hydrogen-bond acceptors (Lipinski definition) is 8. The molecule has 0 aliphatic rings. The maximum Gasteiger partial charge on any atom is 0.247 e. The highest BCUT2D eigenvalue weighted by Crippen LogP contribution is 2.38. The SMILES string of the molecule is C=CC(=O)Nc1cc(Nc2nccc(-n3nc(C)c4cc(F)c(F)cc43)n2)c(OC)cc1N(C)CCN(C)C. The topological polar surface area (TPSA) is 100 Å². The van der Waals surface area contributed by atoms with E-state index in [4.69, 9.17) is 4.74 Å². The molecule has 2 aromatic heterocycles. The van der Waals surface area contributed by atoms with Crippen LogP contribution in [0.1, 0.15) is 5.69 Å². The first-order chi connectivity index (χ1) is 18.6. The first-order valence-electron chi connectivity index (χ1n) is 12.1. The number of amides is 1. The fourth-order valence-corrected chi connectivity index (χ4v) is 3.99. The average Bonchev–Trinajstić information content (AvgIpc) is 3.22. The maximum absolute atomic E-state index is 14.0. The Kier molecular flexibility index (Phi) is 8.05. The van der Waals surface area contributed by atoms with Gasteiger partial charge in [0.15, 0.2) is 17.5 Å². The van der Waals surface area contributed by atoms with Crippen LogP contribution in [0.4, 0.5) is 31.8 Å². The molecular formula is C27H30F2N8O2. The van der Waals surface area contributed by atoms with Gasteiger partial charge in [-0.1, -0.05) is 6.58 Å². The number of nitrogens with zero attached hydrogens (tertiary/aromatic N) is 6. The number of benzene rings is 2. The second-order valence-corrected chi connectivity index (χ2v) is 9.13. The molecule has 2 N–H and O–H groups in total. The van der Waals surface area contributed by atoms with Crippen molar-refractivity contribution in [1.82, 2.24) is 24.6 Å². The zero-order valence-electron chi connectivity index (χ0n) is 22.4.